The highest BCUT2D eigenvalue weighted by molar-refractivity contribution is 5.86. The molecule has 0 aromatic heterocycles. The molecule has 0 amide bonds. The molecule has 2 aliphatic rings. The number of carboxylic acids is 1. The minimum Gasteiger partial charge on any atom is -0.476 e. The lowest BCUT2D eigenvalue weighted by molar-refractivity contribution is -0.133. The van der Waals surface area contributed by atoms with Gasteiger partial charge >= 0.3 is 5.97 Å². The van der Waals surface area contributed by atoms with E-state index in [9.17, 15) is 4.79 Å². The van der Waals surface area contributed by atoms with Crippen molar-refractivity contribution in [3.63, 3.8) is 0 Å². The van der Waals surface area contributed by atoms with Crippen molar-refractivity contribution >= 4 is 5.97 Å². The van der Waals surface area contributed by atoms with Gasteiger partial charge in [-0.2, -0.15) is 0 Å². The quantitative estimate of drug-likeness (QED) is 0.653. The Kier molecular flexibility index (Phi) is 1.66. The molecule has 0 aromatic carbocycles. The van der Waals surface area contributed by atoms with E-state index in [1.54, 1.807) is 30.5 Å². The molecule has 4 nitrogen and oxygen atoms in total. The van der Waals surface area contributed by atoms with Crippen LogP contribution in [0.25, 0.3) is 0 Å². The monoisotopic (exact) mass is 177 g/mol. The highest BCUT2D eigenvalue weighted by Gasteiger charge is 2.25. The van der Waals surface area contributed by atoms with Crippen LogP contribution in [-0.4, -0.2) is 16.0 Å². The van der Waals surface area contributed by atoms with E-state index in [1.807, 2.05) is 0 Å². The van der Waals surface area contributed by atoms with Crippen LogP contribution < -0.4 is 0 Å². The Bertz CT molecular complexity index is 363. The van der Waals surface area contributed by atoms with Crippen LogP contribution in [-0.2, 0) is 9.53 Å². The Morgan fingerprint density at radius 3 is 3.00 bits per heavy atom. The van der Waals surface area contributed by atoms with Crippen molar-refractivity contribution in [2.75, 3.05) is 0 Å². The number of fused-ring (bicyclic) bond motifs is 1. The first-order valence-electron chi connectivity index (χ1n) is 3.73. The summed E-state index contributed by atoms with van der Waals surface area (Å²) in [6.45, 7) is 0. The SMILES string of the molecule is O=C(O)C1=COC2=CC=CC=CN21. The maximum atomic E-state index is 10.7. The first-order valence-corrected chi connectivity index (χ1v) is 3.73. The van der Waals surface area contributed by atoms with Gasteiger partial charge in [-0.25, -0.2) is 4.79 Å². The van der Waals surface area contributed by atoms with Crippen molar-refractivity contribution in [2.45, 2.75) is 0 Å². The summed E-state index contributed by atoms with van der Waals surface area (Å²) in [4.78, 5) is 12.2. The van der Waals surface area contributed by atoms with Gasteiger partial charge in [-0.3, -0.25) is 4.90 Å². The normalized spacial score (nSPS) is 18.6. The van der Waals surface area contributed by atoms with Gasteiger partial charge in [0.2, 0.25) is 5.88 Å². The lowest BCUT2D eigenvalue weighted by atomic mass is 10.4. The van der Waals surface area contributed by atoms with E-state index in [4.69, 9.17) is 9.84 Å². The summed E-state index contributed by atoms with van der Waals surface area (Å²) in [6, 6.07) is 0. The molecule has 0 aliphatic carbocycles. The minimum atomic E-state index is -1.00. The van der Waals surface area contributed by atoms with Gasteiger partial charge in [0.1, 0.15) is 6.26 Å². The molecule has 0 saturated heterocycles. The van der Waals surface area contributed by atoms with Crippen LogP contribution in [0.5, 0.6) is 0 Å². The fourth-order valence-corrected chi connectivity index (χ4v) is 1.11. The number of hydrogen-bond donors (Lipinski definition) is 1. The van der Waals surface area contributed by atoms with Gasteiger partial charge in [0.15, 0.2) is 5.70 Å². The third-order valence-electron chi connectivity index (χ3n) is 1.70. The molecular weight excluding hydrogens is 170 g/mol. The molecule has 0 fully saturated rings. The van der Waals surface area contributed by atoms with Crippen LogP contribution in [0.2, 0.25) is 0 Å². The molecule has 1 N–H and O–H groups in total. The number of carboxylic acid groups (broad SMARTS) is 1. The maximum absolute atomic E-state index is 10.7. The van der Waals surface area contributed by atoms with Crippen molar-refractivity contribution < 1.29 is 14.6 Å². The maximum Gasteiger partial charge on any atom is 0.356 e. The van der Waals surface area contributed by atoms with Crippen LogP contribution >= 0.6 is 0 Å². The second kappa shape index (κ2) is 2.82. The fourth-order valence-electron chi connectivity index (χ4n) is 1.11. The van der Waals surface area contributed by atoms with E-state index < -0.39 is 5.97 Å². The van der Waals surface area contributed by atoms with E-state index in [-0.39, 0.29) is 5.70 Å². The van der Waals surface area contributed by atoms with Gasteiger partial charge in [0.25, 0.3) is 0 Å². The number of hydrogen-bond acceptors (Lipinski definition) is 3. The molecule has 2 aliphatic heterocycles. The highest BCUT2D eigenvalue weighted by atomic mass is 16.5. The fraction of sp³-hybridized carbons (Fsp3) is 0. The number of ether oxygens (including phenoxy) is 1. The smallest absolute Gasteiger partial charge is 0.356 e. The van der Waals surface area contributed by atoms with Crippen LogP contribution in [0, 0.1) is 0 Å². The second-order valence-electron chi connectivity index (χ2n) is 2.53. The van der Waals surface area contributed by atoms with Gasteiger partial charge in [-0.15, -0.1) is 0 Å². The lowest BCUT2D eigenvalue weighted by Crippen LogP contribution is -2.16. The topological polar surface area (TPSA) is 49.8 Å². The van der Waals surface area contributed by atoms with Crippen LogP contribution in [0.4, 0.5) is 0 Å². The van der Waals surface area contributed by atoms with Crippen molar-refractivity contribution in [2.24, 2.45) is 0 Å². The highest BCUT2D eigenvalue weighted by Crippen LogP contribution is 2.24. The largest absolute Gasteiger partial charge is 0.476 e. The Morgan fingerprint density at radius 1 is 1.38 bits per heavy atom. The van der Waals surface area contributed by atoms with E-state index in [1.165, 1.54) is 11.2 Å². The van der Waals surface area contributed by atoms with E-state index in [0.717, 1.165) is 0 Å². The van der Waals surface area contributed by atoms with Crippen LogP contribution in [0.3, 0.4) is 0 Å². The number of allylic oxidation sites excluding steroid dienone is 4. The minimum absolute atomic E-state index is 0.117. The molecular formula is C9H7NO3. The third kappa shape index (κ3) is 1.22. The van der Waals surface area contributed by atoms with Crippen molar-refractivity contribution in [1.29, 1.82) is 0 Å². The summed E-state index contributed by atoms with van der Waals surface area (Å²) in [5.74, 6) is -0.502. The summed E-state index contributed by atoms with van der Waals surface area (Å²) in [7, 11) is 0. The Morgan fingerprint density at radius 2 is 2.23 bits per heavy atom. The zero-order valence-electron chi connectivity index (χ0n) is 6.68. The zero-order valence-corrected chi connectivity index (χ0v) is 6.68. The molecule has 2 heterocycles. The Balaban J connectivity index is 2.35. The van der Waals surface area contributed by atoms with E-state index >= 15 is 0 Å². The van der Waals surface area contributed by atoms with Crippen LogP contribution in [0.1, 0.15) is 0 Å². The van der Waals surface area contributed by atoms with Crippen molar-refractivity contribution in [3.05, 3.63) is 48.3 Å². The van der Waals surface area contributed by atoms with Gasteiger partial charge < -0.3 is 9.84 Å². The predicted octanol–water partition coefficient (Wildman–Crippen LogP) is 1.17. The average molecular weight is 177 g/mol. The zero-order chi connectivity index (χ0) is 9.26. The van der Waals surface area contributed by atoms with Crippen LogP contribution in [0.15, 0.2) is 48.3 Å². The molecule has 0 spiro atoms. The first kappa shape index (κ1) is 7.67. The summed E-state index contributed by atoms with van der Waals surface area (Å²) >= 11 is 0. The molecule has 4 heteroatoms. The molecule has 0 bridgehead atoms. The van der Waals surface area contributed by atoms with Gasteiger partial charge in [-0.05, 0) is 12.2 Å². The van der Waals surface area contributed by atoms with E-state index in [0.29, 0.717) is 5.88 Å². The standard InChI is InChI=1S/C9H7NO3/c11-9(12)7-6-13-8-4-2-1-3-5-10(7)8/h1-6H,(H,11,12). The number of aliphatic carboxylic acids is 1. The van der Waals surface area contributed by atoms with Gasteiger partial charge in [-0.1, -0.05) is 12.2 Å². The molecule has 13 heavy (non-hydrogen) atoms. The summed E-state index contributed by atoms with van der Waals surface area (Å²) in [5, 5.41) is 8.77. The number of nitrogens with zero attached hydrogens (tertiary/aromatic N) is 1. The Labute approximate surface area is 74.7 Å². The van der Waals surface area contributed by atoms with Gasteiger partial charge in [0.05, 0.1) is 0 Å². The molecule has 0 aromatic rings. The van der Waals surface area contributed by atoms with Crippen molar-refractivity contribution in [1.82, 2.24) is 4.90 Å². The third-order valence-corrected chi connectivity index (χ3v) is 1.70. The lowest BCUT2D eigenvalue weighted by Gasteiger charge is -2.12. The predicted molar refractivity (Wildman–Crippen MR) is 45.0 cm³/mol. The molecule has 66 valence electrons. The molecule has 0 atom stereocenters. The first-order chi connectivity index (χ1) is 6.29. The average Bonchev–Trinajstić information content (AvgIpc) is 2.36. The molecule has 0 saturated carbocycles. The van der Waals surface area contributed by atoms with Crippen molar-refractivity contribution in [3.8, 4) is 0 Å². The summed E-state index contributed by atoms with van der Waals surface area (Å²) < 4.78 is 5.05. The van der Waals surface area contributed by atoms with E-state index in [2.05, 4.69) is 0 Å². The Hall–Kier alpha value is -1.97. The summed E-state index contributed by atoms with van der Waals surface area (Å²) in [5.41, 5.74) is 0.117. The second-order valence-corrected chi connectivity index (χ2v) is 2.53. The number of carbonyl (C=O) groups is 1. The molecule has 0 unspecified atom stereocenters. The molecule has 0 radical (unpaired) electrons. The molecule has 2 rings (SSSR count). The van der Waals surface area contributed by atoms with Gasteiger partial charge in [0, 0.05) is 6.20 Å². The summed E-state index contributed by atoms with van der Waals surface area (Å²) in [6.07, 6.45) is 9.89. The number of rotatable bonds is 1.